The number of carbonyl (C=O) groups is 1. The first-order valence-corrected chi connectivity index (χ1v) is 7.15. The van der Waals surface area contributed by atoms with Gasteiger partial charge in [-0.2, -0.15) is 0 Å². The first kappa shape index (κ1) is 15.9. The smallest absolute Gasteiger partial charge is 0.224 e. The second kappa shape index (κ2) is 7.50. The highest BCUT2D eigenvalue weighted by Gasteiger charge is 2.09. The first-order chi connectivity index (χ1) is 10.6. The fourth-order valence-corrected chi connectivity index (χ4v) is 2.23. The molecule has 2 rings (SSSR count). The van der Waals surface area contributed by atoms with E-state index < -0.39 is 0 Å². The maximum absolute atomic E-state index is 12.1. The van der Waals surface area contributed by atoms with Crippen LogP contribution in [-0.4, -0.2) is 20.1 Å². The van der Waals surface area contributed by atoms with Crippen molar-refractivity contribution >= 4 is 5.91 Å². The molecule has 2 aromatic carbocycles. The van der Waals surface area contributed by atoms with Crippen LogP contribution in [0.25, 0.3) is 0 Å². The molecule has 0 saturated carbocycles. The van der Waals surface area contributed by atoms with Gasteiger partial charge in [-0.1, -0.05) is 29.8 Å². The van der Waals surface area contributed by atoms with Crippen LogP contribution >= 0.6 is 0 Å². The molecule has 0 fully saturated rings. The largest absolute Gasteiger partial charge is 0.497 e. The van der Waals surface area contributed by atoms with Crippen LogP contribution in [0.5, 0.6) is 11.5 Å². The van der Waals surface area contributed by atoms with Crippen molar-refractivity contribution in [3.8, 4) is 11.5 Å². The number of hydrogen-bond donors (Lipinski definition) is 1. The summed E-state index contributed by atoms with van der Waals surface area (Å²) in [7, 11) is 3.25. The van der Waals surface area contributed by atoms with Gasteiger partial charge in [0, 0.05) is 12.1 Å². The summed E-state index contributed by atoms with van der Waals surface area (Å²) in [5, 5.41) is 2.92. The fourth-order valence-electron chi connectivity index (χ4n) is 2.23. The second-order valence-corrected chi connectivity index (χ2v) is 5.12. The number of carbonyl (C=O) groups excluding carboxylic acids is 1. The number of methoxy groups -OCH3 is 2. The number of nitrogens with one attached hydrogen (secondary N) is 1. The van der Waals surface area contributed by atoms with Crippen LogP contribution < -0.4 is 14.8 Å². The molecule has 0 heterocycles. The van der Waals surface area contributed by atoms with Gasteiger partial charge in [0.15, 0.2) is 0 Å². The molecule has 4 nitrogen and oxygen atoms in total. The lowest BCUT2D eigenvalue weighted by Gasteiger charge is -2.10. The van der Waals surface area contributed by atoms with E-state index in [4.69, 9.17) is 9.47 Å². The lowest BCUT2D eigenvalue weighted by Crippen LogP contribution is -2.24. The summed E-state index contributed by atoms with van der Waals surface area (Å²) >= 11 is 0. The van der Waals surface area contributed by atoms with Crippen LogP contribution in [0.1, 0.15) is 16.7 Å². The van der Waals surface area contributed by atoms with Crippen molar-refractivity contribution in [3.05, 3.63) is 59.2 Å². The topological polar surface area (TPSA) is 47.6 Å². The van der Waals surface area contributed by atoms with Gasteiger partial charge in [-0.3, -0.25) is 4.79 Å². The van der Waals surface area contributed by atoms with Crippen molar-refractivity contribution in [3.63, 3.8) is 0 Å². The summed E-state index contributed by atoms with van der Waals surface area (Å²) in [6.45, 7) is 2.50. The van der Waals surface area contributed by atoms with E-state index in [1.54, 1.807) is 14.2 Å². The van der Waals surface area contributed by atoms with Gasteiger partial charge >= 0.3 is 0 Å². The maximum Gasteiger partial charge on any atom is 0.224 e. The van der Waals surface area contributed by atoms with E-state index in [1.165, 1.54) is 0 Å². The second-order valence-electron chi connectivity index (χ2n) is 5.12. The Morgan fingerprint density at radius 3 is 2.41 bits per heavy atom. The molecule has 1 amide bonds. The Morgan fingerprint density at radius 2 is 1.77 bits per heavy atom. The summed E-state index contributed by atoms with van der Waals surface area (Å²) in [5.41, 5.74) is 3.04. The molecule has 0 aliphatic carbocycles. The normalized spacial score (nSPS) is 10.1. The van der Waals surface area contributed by atoms with Gasteiger partial charge in [-0.15, -0.1) is 0 Å². The van der Waals surface area contributed by atoms with E-state index in [9.17, 15) is 4.79 Å². The van der Waals surface area contributed by atoms with E-state index in [0.717, 1.165) is 28.2 Å². The Kier molecular flexibility index (Phi) is 5.42. The minimum Gasteiger partial charge on any atom is -0.497 e. The Hall–Kier alpha value is -2.49. The van der Waals surface area contributed by atoms with Crippen LogP contribution in [0, 0.1) is 6.92 Å². The molecular weight excluding hydrogens is 278 g/mol. The van der Waals surface area contributed by atoms with Crippen LogP contribution in [-0.2, 0) is 17.8 Å². The van der Waals surface area contributed by atoms with E-state index in [0.29, 0.717) is 13.0 Å². The van der Waals surface area contributed by atoms with E-state index in [1.807, 2.05) is 49.4 Å². The molecule has 0 radical (unpaired) electrons. The summed E-state index contributed by atoms with van der Waals surface area (Å²) in [4.78, 5) is 12.1. The van der Waals surface area contributed by atoms with E-state index in [2.05, 4.69) is 5.32 Å². The summed E-state index contributed by atoms with van der Waals surface area (Å²) in [6, 6.07) is 13.5. The molecule has 1 N–H and O–H groups in total. The molecule has 0 spiro atoms. The minimum atomic E-state index is -0.0280. The summed E-state index contributed by atoms with van der Waals surface area (Å²) in [6.07, 6.45) is 0.307. The molecule has 0 unspecified atom stereocenters. The van der Waals surface area contributed by atoms with Crippen LogP contribution in [0.4, 0.5) is 0 Å². The molecule has 0 aliphatic heterocycles. The molecule has 0 aromatic heterocycles. The quantitative estimate of drug-likeness (QED) is 0.892. The maximum atomic E-state index is 12.1. The lowest BCUT2D eigenvalue weighted by atomic mass is 10.1. The molecule has 4 heteroatoms. The number of amides is 1. The third-order valence-corrected chi connectivity index (χ3v) is 3.44. The number of aryl methyl sites for hydroxylation is 1. The highest BCUT2D eigenvalue weighted by Crippen LogP contribution is 2.20. The predicted octanol–water partition coefficient (Wildman–Crippen LogP) is 2.87. The third kappa shape index (κ3) is 4.25. The average Bonchev–Trinajstić information content (AvgIpc) is 2.53. The monoisotopic (exact) mass is 299 g/mol. The summed E-state index contributed by atoms with van der Waals surface area (Å²) in [5.74, 6) is 1.52. The van der Waals surface area contributed by atoms with Crippen molar-refractivity contribution < 1.29 is 14.3 Å². The van der Waals surface area contributed by atoms with Gasteiger partial charge in [-0.25, -0.2) is 0 Å². The molecular formula is C18H21NO3. The summed E-state index contributed by atoms with van der Waals surface area (Å²) < 4.78 is 10.4. The minimum absolute atomic E-state index is 0.0280. The van der Waals surface area contributed by atoms with Crippen molar-refractivity contribution in [1.29, 1.82) is 0 Å². The van der Waals surface area contributed by atoms with E-state index in [-0.39, 0.29) is 5.91 Å². The van der Waals surface area contributed by atoms with Crippen molar-refractivity contribution in [2.24, 2.45) is 0 Å². The van der Waals surface area contributed by atoms with Crippen molar-refractivity contribution in [1.82, 2.24) is 5.32 Å². The third-order valence-electron chi connectivity index (χ3n) is 3.44. The number of hydrogen-bond acceptors (Lipinski definition) is 3. The highest BCUT2D eigenvalue weighted by atomic mass is 16.5. The van der Waals surface area contributed by atoms with Gasteiger partial charge in [-0.05, 0) is 30.7 Å². The fraction of sp³-hybridized carbons (Fsp3) is 0.278. The van der Waals surface area contributed by atoms with E-state index >= 15 is 0 Å². The zero-order valence-electron chi connectivity index (χ0n) is 13.2. The van der Waals surface area contributed by atoms with Gasteiger partial charge in [0.25, 0.3) is 0 Å². The Balaban J connectivity index is 1.94. The van der Waals surface area contributed by atoms with Gasteiger partial charge < -0.3 is 14.8 Å². The van der Waals surface area contributed by atoms with Gasteiger partial charge in [0.1, 0.15) is 11.5 Å². The Morgan fingerprint density at radius 1 is 1.05 bits per heavy atom. The Labute approximate surface area is 131 Å². The van der Waals surface area contributed by atoms with Crippen LogP contribution in [0.15, 0.2) is 42.5 Å². The van der Waals surface area contributed by atoms with Gasteiger partial charge in [0.05, 0.1) is 20.6 Å². The molecule has 2 aromatic rings. The average molecular weight is 299 g/mol. The van der Waals surface area contributed by atoms with Gasteiger partial charge in [0.2, 0.25) is 5.91 Å². The van der Waals surface area contributed by atoms with Crippen molar-refractivity contribution in [2.45, 2.75) is 19.9 Å². The molecule has 0 saturated heterocycles. The lowest BCUT2D eigenvalue weighted by molar-refractivity contribution is -0.120. The molecule has 0 aliphatic rings. The van der Waals surface area contributed by atoms with Crippen LogP contribution in [0.3, 0.4) is 0 Å². The number of rotatable bonds is 6. The number of ether oxygens (including phenoxy) is 2. The van der Waals surface area contributed by atoms with Crippen molar-refractivity contribution in [2.75, 3.05) is 14.2 Å². The molecule has 22 heavy (non-hydrogen) atoms. The zero-order valence-corrected chi connectivity index (χ0v) is 13.2. The molecule has 0 bridgehead atoms. The highest BCUT2D eigenvalue weighted by molar-refractivity contribution is 5.79. The SMILES string of the molecule is COc1ccc(CNC(=O)Cc2cc(C)ccc2OC)cc1. The zero-order chi connectivity index (χ0) is 15.9. The number of benzene rings is 2. The van der Waals surface area contributed by atoms with Crippen LogP contribution in [0.2, 0.25) is 0 Å². The predicted molar refractivity (Wildman–Crippen MR) is 86.3 cm³/mol. The Bertz CT molecular complexity index is 635. The molecule has 116 valence electrons. The standard InChI is InChI=1S/C18H21NO3/c1-13-4-9-17(22-3)15(10-13)11-18(20)19-12-14-5-7-16(21-2)8-6-14/h4-10H,11-12H2,1-3H3,(H,19,20). The molecule has 0 atom stereocenters. The first-order valence-electron chi connectivity index (χ1n) is 7.15.